The van der Waals surface area contributed by atoms with Crippen LogP contribution < -0.4 is 5.43 Å². The van der Waals surface area contributed by atoms with Crippen molar-refractivity contribution in [2.45, 2.75) is 6.92 Å². The number of nitrogens with one attached hydrogen (secondary N) is 1. The molecule has 2 aromatic rings. The van der Waals surface area contributed by atoms with Crippen LogP contribution in [0, 0.1) is 0 Å². The second-order valence-corrected chi connectivity index (χ2v) is 5.50. The SMILES string of the molecule is CC(=NNC(=O)c1ccc(Cl)cc1)c1ccc(Br)cc1. The van der Waals surface area contributed by atoms with E-state index in [1.165, 1.54) is 0 Å². The van der Waals surface area contributed by atoms with Crippen molar-refractivity contribution in [1.82, 2.24) is 5.43 Å². The molecule has 0 aromatic heterocycles. The van der Waals surface area contributed by atoms with Gasteiger partial charge in [-0.3, -0.25) is 4.79 Å². The van der Waals surface area contributed by atoms with Gasteiger partial charge in [0, 0.05) is 15.1 Å². The zero-order chi connectivity index (χ0) is 14.5. The molecule has 0 unspecified atom stereocenters. The lowest BCUT2D eigenvalue weighted by atomic mass is 10.1. The Balaban J connectivity index is 2.06. The molecule has 0 saturated heterocycles. The molecule has 0 saturated carbocycles. The van der Waals surface area contributed by atoms with Gasteiger partial charge in [-0.05, 0) is 48.9 Å². The van der Waals surface area contributed by atoms with Crippen LogP contribution in [0.15, 0.2) is 58.1 Å². The topological polar surface area (TPSA) is 41.5 Å². The average Bonchev–Trinajstić information content (AvgIpc) is 2.46. The fraction of sp³-hybridized carbons (Fsp3) is 0.0667. The fourth-order valence-corrected chi connectivity index (χ4v) is 1.95. The standard InChI is InChI=1S/C15H12BrClN2O/c1-10(11-2-6-13(16)7-3-11)18-19-15(20)12-4-8-14(17)9-5-12/h2-9H,1H3,(H,19,20). The predicted octanol–water partition coefficient (Wildman–Crippen LogP) is 4.26. The molecule has 1 N–H and O–H groups in total. The van der Waals surface area contributed by atoms with Gasteiger partial charge in [0.15, 0.2) is 0 Å². The summed E-state index contributed by atoms with van der Waals surface area (Å²) in [6, 6.07) is 14.4. The van der Waals surface area contributed by atoms with Gasteiger partial charge in [0.1, 0.15) is 0 Å². The van der Waals surface area contributed by atoms with E-state index in [9.17, 15) is 4.79 Å². The molecular formula is C15H12BrClN2O. The second kappa shape index (κ2) is 6.68. The quantitative estimate of drug-likeness (QED) is 0.651. The Kier molecular flexibility index (Phi) is 4.93. The third kappa shape index (κ3) is 3.92. The number of hydrazone groups is 1. The lowest BCUT2D eigenvalue weighted by Crippen LogP contribution is -2.19. The van der Waals surface area contributed by atoms with E-state index in [4.69, 9.17) is 11.6 Å². The summed E-state index contributed by atoms with van der Waals surface area (Å²) in [6.07, 6.45) is 0. The number of rotatable bonds is 3. The summed E-state index contributed by atoms with van der Waals surface area (Å²) < 4.78 is 0.999. The van der Waals surface area contributed by atoms with Crippen LogP contribution in [0.3, 0.4) is 0 Å². The minimum atomic E-state index is -0.266. The van der Waals surface area contributed by atoms with Gasteiger partial charge in [-0.2, -0.15) is 5.10 Å². The van der Waals surface area contributed by atoms with Crippen molar-refractivity contribution in [2.75, 3.05) is 0 Å². The lowest BCUT2D eigenvalue weighted by molar-refractivity contribution is 0.0955. The highest BCUT2D eigenvalue weighted by atomic mass is 79.9. The van der Waals surface area contributed by atoms with Gasteiger partial charge < -0.3 is 0 Å². The smallest absolute Gasteiger partial charge is 0.267 e. The van der Waals surface area contributed by atoms with Crippen LogP contribution in [0.25, 0.3) is 0 Å². The van der Waals surface area contributed by atoms with E-state index in [-0.39, 0.29) is 5.91 Å². The van der Waals surface area contributed by atoms with Gasteiger partial charge in [-0.15, -0.1) is 0 Å². The van der Waals surface area contributed by atoms with Gasteiger partial charge in [0.05, 0.1) is 5.71 Å². The number of halogens is 2. The first kappa shape index (κ1) is 14.8. The average molecular weight is 352 g/mol. The Morgan fingerprint density at radius 2 is 1.60 bits per heavy atom. The zero-order valence-electron chi connectivity index (χ0n) is 10.7. The molecule has 20 heavy (non-hydrogen) atoms. The Labute approximate surface area is 130 Å². The molecule has 1 amide bonds. The summed E-state index contributed by atoms with van der Waals surface area (Å²) in [5.41, 5.74) is 4.73. The molecule has 0 atom stereocenters. The minimum Gasteiger partial charge on any atom is -0.267 e. The summed E-state index contributed by atoms with van der Waals surface area (Å²) in [7, 11) is 0. The molecule has 5 heteroatoms. The molecule has 0 aliphatic rings. The van der Waals surface area contributed by atoms with Crippen LogP contribution >= 0.6 is 27.5 Å². The molecule has 3 nitrogen and oxygen atoms in total. The highest BCUT2D eigenvalue weighted by molar-refractivity contribution is 9.10. The van der Waals surface area contributed by atoms with Crippen molar-refractivity contribution in [1.29, 1.82) is 0 Å². The monoisotopic (exact) mass is 350 g/mol. The normalized spacial score (nSPS) is 11.2. The van der Waals surface area contributed by atoms with Crippen molar-refractivity contribution in [3.63, 3.8) is 0 Å². The van der Waals surface area contributed by atoms with Crippen molar-refractivity contribution in [3.8, 4) is 0 Å². The van der Waals surface area contributed by atoms with E-state index in [1.807, 2.05) is 31.2 Å². The summed E-state index contributed by atoms with van der Waals surface area (Å²) in [5.74, 6) is -0.266. The lowest BCUT2D eigenvalue weighted by Gasteiger charge is -2.03. The van der Waals surface area contributed by atoms with Crippen LogP contribution in [0.2, 0.25) is 5.02 Å². The van der Waals surface area contributed by atoms with Crippen molar-refractivity contribution < 1.29 is 4.79 Å². The summed E-state index contributed by atoms with van der Waals surface area (Å²) in [4.78, 5) is 11.9. The third-order valence-corrected chi connectivity index (χ3v) is 3.47. The molecule has 0 aliphatic carbocycles. The van der Waals surface area contributed by atoms with Crippen molar-refractivity contribution in [3.05, 3.63) is 69.2 Å². The number of hydrogen-bond donors (Lipinski definition) is 1. The zero-order valence-corrected chi connectivity index (χ0v) is 13.1. The summed E-state index contributed by atoms with van der Waals surface area (Å²) in [5, 5.41) is 4.69. The Hall–Kier alpha value is -1.65. The highest BCUT2D eigenvalue weighted by Crippen LogP contribution is 2.11. The van der Waals surface area contributed by atoms with Crippen molar-refractivity contribution in [2.24, 2.45) is 5.10 Å². The van der Waals surface area contributed by atoms with Gasteiger partial charge >= 0.3 is 0 Å². The molecule has 0 spiro atoms. The maximum Gasteiger partial charge on any atom is 0.271 e. The van der Waals surface area contributed by atoms with Gasteiger partial charge in [-0.25, -0.2) is 5.43 Å². The maximum atomic E-state index is 11.9. The van der Waals surface area contributed by atoms with E-state index in [2.05, 4.69) is 26.5 Å². The number of benzene rings is 2. The number of hydrogen-bond acceptors (Lipinski definition) is 2. The third-order valence-electron chi connectivity index (χ3n) is 2.69. The second-order valence-electron chi connectivity index (χ2n) is 4.15. The highest BCUT2D eigenvalue weighted by Gasteiger charge is 2.04. The minimum absolute atomic E-state index is 0.266. The van der Waals surface area contributed by atoms with Crippen molar-refractivity contribution >= 4 is 39.1 Å². The van der Waals surface area contributed by atoms with E-state index in [0.29, 0.717) is 10.6 Å². The number of amides is 1. The fourth-order valence-electron chi connectivity index (χ4n) is 1.56. The molecular weight excluding hydrogens is 340 g/mol. The van der Waals surface area contributed by atoms with Crippen LogP contribution in [0.5, 0.6) is 0 Å². The first-order valence-electron chi connectivity index (χ1n) is 5.92. The van der Waals surface area contributed by atoms with Gasteiger partial charge in [0.2, 0.25) is 0 Å². The van der Waals surface area contributed by atoms with Gasteiger partial charge in [0.25, 0.3) is 5.91 Å². The Morgan fingerprint density at radius 1 is 1.05 bits per heavy atom. The van der Waals surface area contributed by atoms with E-state index in [0.717, 1.165) is 15.7 Å². The molecule has 102 valence electrons. The molecule has 0 bridgehead atoms. The van der Waals surface area contributed by atoms with Crippen LogP contribution in [0.4, 0.5) is 0 Å². The first-order valence-corrected chi connectivity index (χ1v) is 7.09. The number of carbonyl (C=O) groups is 1. The Morgan fingerprint density at radius 3 is 2.20 bits per heavy atom. The largest absolute Gasteiger partial charge is 0.271 e. The molecule has 0 fully saturated rings. The molecule has 2 rings (SSSR count). The maximum absolute atomic E-state index is 11.9. The van der Waals surface area contributed by atoms with E-state index >= 15 is 0 Å². The molecule has 2 aromatic carbocycles. The van der Waals surface area contributed by atoms with E-state index in [1.54, 1.807) is 24.3 Å². The van der Waals surface area contributed by atoms with Crippen LogP contribution in [-0.4, -0.2) is 11.6 Å². The van der Waals surface area contributed by atoms with Gasteiger partial charge in [-0.1, -0.05) is 39.7 Å². The summed E-state index contributed by atoms with van der Waals surface area (Å²) >= 11 is 9.15. The van der Waals surface area contributed by atoms with Crippen LogP contribution in [-0.2, 0) is 0 Å². The summed E-state index contributed by atoms with van der Waals surface area (Å²) in [6.45, 7) is 1.84. The number of carbonyl (C=O) groups excluding carboxylic acids is 1. The predicted molar refractivity (Wildman–Crippen MR) is 85.3 cm³/mol. The van der Waals surface area contributed by atoms with E-state index < -0.39 is 0 Å². The van der Waals surface area contributed by atoms with Crippen LogP contribution in [0.1, 0.15) is 22.8 Å². The Bertz CT molecular complexity index is 636. The first-order chi connectivity index (χ1) is 9.56. The molecule has 0 aliphatic heterocycles. The molecule has 0 radical (unpaired) electrons. The molecule has 0 heterocycles. The number of nitrogens with zero attached hydrogens (tertiary/aromatic N) is 1.